The first-order chi connectivity index (χ1) is 11.0. The molecule has 1 unspecified atom stereocenters. The molecule has 6 heteroatoms. The van der Waals surface area contributed by atoms with Crippen LogP contribution in [0.4, 0.5) is 9.59 Å². The summed E-state index contributed by atoms with van der Waals surface area (Å²) >= 11 is 0. The normalized spacial score (nSPS) is 11.1. The maximum atomic E-state index is 12.1. The van der Waals surface area contributed by atoms with Crippen molar-refractivity contribution in [2.24, 2.45) is 0 Å². The molecule has 0 heterocycles. The number of carbonyl (C=O) groups is 2. The summed E-state index contributed by atoms with van der Waals surface area (Å²) < 4.78 is 9.83. The molecule has 0 aliphatic carbocycles. The molecule has 1 atom stereocenters. The van der Waals surface area contributed by atoms with E-state index in [0.717, 1.165) is 36.3 Å². The van der Waals surface area contributed by atoms with Crippen molar-refractivity contribution >= 4 is 12.2 Å². The van der Waals surface area contributed by atoms with Gasteiger partial charge in [-0.2, -0.15) is 0 Å². The van der Waals surface area contributed by atoms with Gasteiger partial charge in [0, 0.05) is 0 Å². The van der Waals surface area contributed by atoms with E-state index < -0.39 is 18.2 Å². The van der Waals surface area contributed by atoms with E-state index in [4.69, 9.17) is 9.47 Å². The summed E-state index contributed by atoms with van der Waals surface area (Å²) in [5.74, 6) is 0. The van der Waals surface area contributed by atoms with Crippen LogP contribution in [0.15, 0.2) is 17.9 Å². The lowest BCUT2D eigenvalue weighted by Gasteiger charge is -2.29. The van der Waals surface area contributed by atoms with E-state index >= 15 is 0 Å². The van der Waals surface area contributed by atoms with Crippen LogP contribution < -0.4 is 5.43 Å². The summed E-state index contributed by atoms with van der Waals surface area (Å²) in [6.07, 6.45) is 3.87. The number of ether oxygens (including phenoxy) is 2. The quantitative estimate of drug-likeness (QED) is 0.392. The lowest BCUT2D eigenvalue weighted by molar-refractivity contribution is 0.0639. The predicted octanol–water partition coefficient (Wildman–Crippen LogP) is 4.18. The highest BCUT2D eigenvalue weighted by molar-refractivity contribution is 5.74. The molecule has 0 aliphatic rings. The van der Waals surface area contributed by atoms with E-state index in [2.05, 4.69) is 24.7 Å². The molecule has 0 fully saturated rings. The van der Waals surface area contributed by atoms with Crippen LogP contribution >= 0.6 is 0 Å². The Labute approximate surface area is 139 Å². The molecule has 1 N–H and O–H groups in total. The zero-order chi connectivity index (χ0) is 17.7. The van der Waals surface area contributed by atoms with Crippen LogP contribution in [-0.4, -0.2) is 36.5 Å². The monoisotopic (exact) mass is 326 g/mol. The highest BCUT2D eigenvalue weighted by atomic mass is 16.6. The number of unbranched alkanes of at least 4 members (excludes halogenated alkanes) is 3. The fourth-order valence-electron chi connectivity index (χ4n) is 2.10. The average molecular weight is 326 g/mol. The average Bonchev–Trinajstić information content (AvgIpc) is 2.52. The highest BCUT2D eigenvalue weighted by Gasteiger charge is 2.26. The van der Waals surface area contributed by atoms with Crippen LogP contribution in [0.3, 0.4) is 0 Å². The third-order valence-corrected chi connectivity index (χ3v) is 3.37. The van der Waals surface area contributed by atoms with Gasteiger partial charge in [0.25, 0.3) is 0 Å². The lowest BCUT2D eigenvalue weighted by atomic mass is 10.0. The molecule has 0 aromatic carbocycles. The van der Waals surface area contributed by atoms with E-state index in [1.807, 2.05) is 0 Å². The van der Waals surface area contributed by atoms with Gasteiger partial charge >= 0.3 is 12.2 Å². The van der Waals surface area contributed by atoms with Crippen molar-refractivity contribution in [1.82, 2.24) is 10.4 Å². The first-order valence-corrected chi connectivity index (χ1v) is 8.29. The SMILES string of the molecule is C=C=C(CCCCCC)C(C)N(NC(=O)OCC)C(=O)OCC. The Balaban J connectivity index is 4.92. The zero-order valence-corrected chi connectivity index (χ0v) is 14.8. The van der Waals surface area contributed by atoms with Crippen molar-refractivity contribution in [3.63, 3.8) is 0 Å². The van der Waals surface area contributed by atoms with Crippen molar-refractivity contribution in [2.75, 3.05) is 13.2 Å². The summed E-state index contributed by atoms with van der Waals surface area (Å²) in [6, 6.07) is -0.405. The number of hydrogen-bond acceptors (Lipinski definition) is 4. The molecule has 2 amide bonds. The van der Waals surface area contributed by atoms with Gasteiger partial charge in [-0.25, -0.2) is 20.0 Å². The van der Waals surface area contributed by atoms with Crippen molar-refractivity contribution < 1.29 is 19.1 Å². The van der Waals surface area contributed by atoms with Crippen LogP contribution in [0.2, 0.25) is 0 Å². The number of amides is 2. The van der Waals surface area contributed by atoms with Gasteiger partial charge in [0.2, 0.25) is 0 Å². The van der Waals surface area contributed by atoms with Gasteiger partial charge < -0.3 is 9.47 Å². The molecular weight excluding hydrogens is 296 g/mol. The zero-order valence-electron chi connectivity index (χ0n) is 14.8. The largest absolute Gasteiger partial charge is 0.449 e. The van der Waals surface area contributed by atoms with Gasteiger partial charge in [0.15, 0.2) is 0 Å². The maximum absolute atomic E-state index is 12.1. The van der Waals surface area contributed by atoms with Crippen LogP contribution in [0, 0.1) is 0 Å². The number of nitrogens with one attached hydrogen (secondary N) is 1. The molecule has 0 rings (SSSR count). The topological polar surface area (TPSA) is 67.9 Å². The Morgan fingerprint density at radius 3 is 2.30 bits per heavy atom. The molecule has 0 aromatic rings. The molecule has 6 nitrogen and oxygen atoms in total. The first-order valence-electron chi connectivity index (χ1n) is 8.29. The Morgan fingerprint density at radius 1 is 1.13 bits per heavy atom. The summed E-state index contributed by atoms with van der Waals surface area (Å²) in [4.78, 5) is 23.7. The fraction of sp³-hybridized carbons (Fsp3) is 0.706. The van der Waals surface area contributed by atoms with Gasteiger partial charge in [0.1, 0.15) is 0 Å². The Bertz CT molecular complexity index is 417. The Hall–Kier alpha value is -1.94. The second-order valence-corrected chi connectivity index (χ2v) is 5.09. The summed E-state index contributed by atoms with van der Waals surface area (Å²) in [6.45, 7) is 11.5. The minimum Gasteiger partial charge on any atom is -0.449 e. The lowest BCUT2D eigenvalue weighted by Crippen LogP contribution is -2.52. The molecule has 0 saturated carbocycles. The number of hydrazine groups is 1. The molecule has 0 aliphatic heterocycles. The minimum atomic E-state index is -0.693. The molecule has 0 spiro atoms. The summed E-state index contributed by atoms with van der Waals surface area (Å²) in [5.41, 5.74) is 6.17. The number of hydrogen-bond donors (Lipinski definition) is 1. The number of rotatable bonds is 9. The standard InChI is InChI=1S/C17H30N2O4/c1-6-10-11-12-13-15(7-2)14(5)19(17(21)23-9-4)18-16(20)22-8-3/h14H,2,6,8-13H2,1,3-5H3,(H,18,20). The van der Waals surface area contributed by atoms with Crippen molar-refractivity contribution in [2.45, 2.75) is 65.8 Å². The second-order valence-electron chi connectivity index (χ2n) is 5.09. The Kier molecular flexibility index (Phi) is 11.5. The van der Waals surface area contributed by atoms with Gasteiger partial charge in [0.05, 0.1) is 19.3 Å². The summed E-state index contributed by atoms with van der Waals surface area (Å²) in [5, 5.41) is 1.13. The molecule has 0 radical (unpaired) electrons. The summed E-state index contributed by atoms with van der Waals surface area (Å²) in [7, 11) is 0. The van der Waals surface area contributed by atoms with E-state index in [1.54, 1.807) is 20.8 Å². The van der Waals surface area contributed by atoms with Gasteiger partial charge in [-0.15, -0.1) is 5.73 Å². The third-order valence-electron chi connectivity index (χ3n) is 3.37. The third kappa shape index (κ3) is 8.31. The van der Waals surface area contributed by atoms with E-state index in [9.17, 15) is 9.59 Å². The van der Waals surface area contributed by atoms with Crippen LogP contribution in [0.5, 0.6) is 0 Å². The second kappa shape index (κ2) is 12.6. The van der Waals surface area contributed by atoms with Crippen molar-refractivity contribution in [3.05, 3.63) is 17.9 Å². The van der Waals surface area contributed by atoms with E-state index in [0.29, 0.717) is 0 Å². The van der Waals surface area contributed by atoms with Crippen LogP contribution in [0.1, 0.15) is 59.8 Å². The van der Waals surface area contributed by atoms with E-state index in [-0.39, 0.29) is 13.2 Å². The van der Waals surface area contributed by atoms with Crippen molar-refractivity contribution in [1.29, 1.82) is 0 Å². The molecule has 0 bridgehead atoms. The molecule has 0 aromatic heterocycles. The molecule has 0 saturated heterocycles. The van der Waals surface area contributed by atoms with Crippen LogP contribution in [-0.2, 0) is 9.47 Å². The molecule has 23 heavy (non-hydrogen) atoms. The van der Waals surface area contributed by atoms with Gasteiger partial charge in [-0.3, -0.25) is 0 Å². The Morgan fingerprint density at radius 2 is 1.78 bits per heavy atom. The predicted molar refractivity (Wildman–Crippen MR) is 89.9 cm³/mol. The van der Waals surface area contributed by atoms with E-state index in [1.165, 1.54) is 6.42 Å². The smallest absolute Gasteiger partial charge is 0.429 e. The molecule has 132 valence electrons. The maximum Gasteiger partial charge on any atom is 0.429 e. The fourth-order valence-corrected chi connectivity index (χ4v) is 2.10. The number of carbonyl (C=O) groups excluding carboxylic acids is 2. The highest BCUT2D eigenvalue weighted by Crippen LogP contribution is 2.17. The molecular formula is C17H30N2O4. The van der Waals surface area contributed by atoms with Gasteiger partial charge in [-0.1, -0.05) is 32.8 Å². The first kappa shape index (κ1) is 21.1. The van der Waals surface area contributed by atoms with Crippen molar-refractivity contribution in [3.8, 4) is 0 Å². The van der Waals surface area contributed by atoms with Crippen LogP contribution in [0.25, 0.3) is 0 Å². The number of nitrogens with zero attached hydrogens (tertiary/aromatic N) is 1. The minimum absolute atomic E-state index is 0.218. The van der Waals surface area contributed by atoms with Gasteiger partial charge in [-0.05, 0) is 39.2 Å².